The molecule has 0 heterocycles. The summed E-state index contributed by atoms with van der Waals surface area (Å²) in [7, 11) is 0. The summed E-state index contributed by atoms with van der Waals surface area (Å²) in [5, 5.41) is 0. The van der Waals surface area contributed by atoms with E-state index in [1.807, 2.05) is 0 Å². The van der Waals surface area contributed by atoms with Crippen LogP contribution in [0.2, 0.25) is 0 Å². The van der Waals surface area contributed by atoms with Crippen LogP contribution in [0, 0.1) is 0 Å². The summed E-state index contributed by atoms with van der Waals surface area (Å²) in [5.41, 5.74) is 0. The van der Waals surface area contributed by atoms with Crippen LogP contribution in [0.5, 0.6) is 0 Å². The summed E-state index contributed by atoms with van der Waals surface area (Å²) < 4.78 is 28.5. The van der Waals surface area contributed by atoms with Gasteiger partial charge in [-0.05, 0) is 13.8 Å². The van der Waals surface area contributed by atoms with Crippen LogP contribution in [-0.2, 0) is 20.3 Å². The highest BCUT2D eigenvalue weighted by Crippen LogP contribution is 1.93. The second kappa shape index (κ2) is 4.87. The van der Waals surface area contributed by atoms with Gasteiger partial charge in [0.05, 0.1) is 11.4 Å². The predicted octanol–water partition coefficient (Wildman–Crippen LogP) is 0.180. The van der Waals surface area contributed by atoms with Gasteiger partial charge in [-0.3, -0.25) is 4.18 Å². The maximum absolute atomic E-state index is 9.78. The van der Waals surface area contributed by atoms with Gasteiger partial charge in [0.15, 0.2) is 6.29 Å². The van der Waals surface area contributed by atoms with Crippen LogP contribution in [0.25, 0.3) is 0 Å². The van der Waals surface area contributed by atoms with Gasteiger partial charge in [0, 0.05) is 6.61 Å². The Morgan fingerprint density at radius 3 is 2.67 bits per heavy atom. The average Bonchev–Trinajstić information content (AvgIpc) is 1.63. The van der Waals surface area contributed by atoms with Crippen LogP contribution in [0.1, 0.15) is 13.8 Å². The molecule has 0 aliphatic rings. The van der Waals surface area contributed by atoms with E-state index in [2.05, 4.69) is 4.18 Å². The maximum atomic E-state index is 9.78. The van der Waals surface area contributed by atoms with Gasteiger partial charge in [-0.25, -0.2) is 4.21 Å². The standard InChI is InChI=1S/C4H10O4S/c1-3-7-4(2)8-9(5)6/h4H,3H2,1-2H3,(H,5,6)/p-1. The molecule has 0 spiro atoms. The molecular weight excluding hydrogens is 144 g/mol. The maximum Gasteiger partial charge on any atom is 0.169 e. The lowest BCUT2D eigenvalue weighted by atomic mass is 10.7. The van der Waals surface area contributed by atoms with Crippen molar-refractivity contribution in [3.8, 4) is 0 Å². The van der Waals surface area contributed by atoms with E-state index < -0.39 is 17.7 Å². The van der Waals surface area contributed by atoms with Gasteiger partial charge in [0.1, 0.15) is 0 Å². The van der Waals surface area contributed by atoms with Gasteiger partial charge >= 0.3 is 0 Å². The van der Waals surface area contributed by atoms with E-state index in [9.17, 15) is 8.76 Å². The average molecular weight is 153 g/mol. The molecule has 0 rings (SSSR count). The summed E-state index contributed by atoms with van der Waals surface area (Å²) in [6, 6.07) is 0. The summed E-state index contributed by atoms with van der Waals surface area (Å²) in [4.78, 5) is 0. The zero-order valence-corrected chi connectivity index (χ0v) is 6.14. The number of hydrogen-bond acceptors (Lipinski definition) is 4. The molecule has 9 heavy (non-hydrogen) atoms. The fourth-order valence-electron chi connectivity index (χ4n) is 0.373. The van der Waals surface area contributed by atoms with Crippen molar-refractivity contribution in [1.82, 2.24) is 0 Å². The van der Waals surface area contributed by atoms with Gasteiger partial charge in [0.25, 0.3) is 0 Å². The number of hydrogen-bond donors (Lipinski definition) is 0. The fourth-order valence-corrected chi connectivity index (χ4v) is 0.650. The zero-order valence-electron chi connectivity index (χ0n) is 5.33. The van der Waals surface area contributed by atoms with Gasteiger partial charge in [-0.15, -0.1) is 0 Å². The molecule has 2 atom stereocenters. The van der Waals surface area contributed by atoms with Gasteiger partial charge < -0.3 is 9.29 Å². The molecule has 4 nitrogen and oxygen atoms in total. The number of rotatable bonds is 4. The Morgan fingerprint density at radius 1 is 1.78 bits per heavy atom. The van der Waals surface area contributed by atoms with E-state index in [0.717, 1.165) is 0 Å². The Labute approximate surface area is 56.6 Å². The van der Waals surface area contributed by atoms with Gasteiger partial charge in [-0.2, -0.15) is 0 Å². The molecule has 56 valence electrons. The zero-order chi connectivity index (χ0) is 7.28. The number of ether oxygens (including phenoxy) is 1. The Kier molecular flexibility index (Phi) is 4.88. The first-order chi connectivity index (χ1) is 4.16. The van der Waals surface area contributed by atoms with Crippen LogP contribution >= 0.6 is 0 Å². The lowest BCUT2D eigenvalue weighted by Gasteiger charge is -2.12. The molecular formula is C4H9O4S-. The van der Waals surface area contributed by atoms with Crippen molar-refractivity contribution >= 4 is 11.4 Å². The molecule has 0 aromatic carbocycles. The highest BCUT2D eigenvalue weighted by atomic mass is 32.2. The Balaban J connectivity index is 3.26. The molecule has 0 aliphatic carbocycles. The SMILES string of the molecule is CCOC(C)OS(=O)[O-]. The summed E-state index contributed by atoms with van der Waals surface area (Å²) in [6.07, 6.45) is -0.673. The van der Waals surface area contributed by atoms with Crippen molar-refractivity contribution in [3.63, 3.8) is 0 Å². The molecule has 0 amide bonds. The fraction of sp³-hybridized carbons (Fsp3) is 1.00. The molecule has 2 unspecified atom stereocenters. The highest BCUT2D eigenvalue weighted by Gasteiger charge is 1.98. The van der Waals surface area contributed by atoms with E-state index in [4.69, 9.17) is 4.74 Å². The minimum Gasteiger partial charge on any atom is -0.750 e. The highest BCUT2D eigenvalue weighted by molar-refractivity contribution is 7.74. The van der Waals surface area contributed by atoms with Crippen LogP contribution in [-0.4, -0.2) is 21.7 Å². The van der Waals surface area contributed by atoms with Crippen molar-refractivity contribution < 1.29 is 17.7 Å². The molecule has 0 saturated carbocycles. The lowest BCUT2D eigenvalue weighted by Crippen LogP contribution is -2.13. The van der Waals surface area contributed by atoms with E-state index in [1.165, 1.54) is 6.92 Å². The van der Waals surface area contributed by atoms with Crippen molar-refractivity contribution in [2.24, 2.45) is 0 Å². The lowest BCUT2D eigenvalue weighted by molar-refractivity contribution is -0.0583. The molecule has 0 bridgehead atoms. The quantitative estimate of drug-likeness (QED) is 0.427. The van der Waals surface area contributed by atoms with Crippen LogP contribution in [0.3, 0.4) is 0 Å². The summed E-state index contributed by atoms with van der Waals surface area (Å²) >= 11 is -2.47. The Bertz CT molecular complexity index is 94.6. The molecule has 0 N–H and O–H groups in total. The van der Waals surface area contributed by atoms with Crippen LogP contribution in [0.4, 0.5) is 0 Å². The van der Waals surface area contributed by atoms with Crippen LogP contribution in [0.15, 0.2) is 0 Å². The Morgan fingerprint density at radius 2 is 2.33 bits per heavy atom. The van der Waals surface area contributed by atoms with Crippen molar-refractivity contribution in [2.75, 3.05) is 6.61 Å². The third-order valence-electron chi connectivity index (χ3n) is 0.615. The monoisotopic (exact) mass is 153 g/mol. The molecule has 0 saturated heterocycles. The van der Waals surface area contributed by atoms with Crippen LogP contribution < -0.4 is 0 Å². The molecule has 0 aliphatic heterocycles. The summed E-state index contributed by atoms with van der Waals surface area (Å²) in [6.45, 7) is 3.71. The first-order valence-corrected chi connectivity index (χ1v) is 3.54. The Hall–Kier alpha value is 0.0300. The van der Waals surface area contributed by atoms with E-state index in [-0.39, 0.29) is 0 Å². The smallest absolute Gasteiger partial charge is 0.169 e. The first-order valence-electron chi connectivity index (χ1n) is 2.54. The van der Waals surface area contributed by atoms with E-state index in [1.54, 1.807) is 6.92 Å². The van der Waals surface area contributed by atoms with Gasteiger partial charge in [0.2, 0.25) is 0 Å². The van der Waals surface area contributed by atoms with Crippen molar-refractivity contribution in [3.05, 3.63) is 0 Å². The predicted molar refractivity (Wildman–Crippen MR) is 31.1 cm³/mol. The first kappa shape index (κ1) is 9.03. The molecule has 0 aromatic heterocycles. The molecule has 0 radical (unpaired) electrons. The third-order valence-corrected chi connectivity index (χ3v) is 1.04. The second-order valence-corrected chi connectivity index (χ2v) is 1.92. The minimum absolute atomic E-state index is 0.443. The van der Waals surface area contributed by atoms with Crippen molar-refractivity contribution in [1.29, 1.82) is 0 Å². The largest absolute Gasteiger partial charge is 0.750 e. The minimum atomic E-state index is -2.47. The van der Waals surface area contributed by atoms with Crippen molar-refractivity contribution in [2.45, 2.75) is 20.1 Å². The molecule has 5 heteroatoms. The van der Waals surface area contributed by atoms with E-state index in [0.29, 0.717) is 6.61 Å². The molecule has 0 aromatic rings. The second-order valence-electron chi connectivity index (χ2n) is 1.32. The molecule has 0 fully saturated rings. The summed E-state index contributed by atoms with van der Waals surface area (Å²) in [5.74, 6) is 0. The topological polar surface area (TPSA) is 58.6 Å². The normalized spacial score (nSPS) is 17.2. The van der Waals surface area contributed by atoms with Gasteiger partial charge in [-0.1, -0.05) is 0 Å². The third kappa shape index (κ3) is 5.91. The van der Waals surface area contributed by atoms with E-state index >= 15 is 0 Å².